The first-order valence-corrected chi connectivity index (χ1v) is 7.50. The molecule has 20 heavy (non-hydrogen) atoms. The van der Waals surface area contributed by atoms with Crippen molar-refractivity contribution in [1.82, 2.24) is 4.90 Å². The molecule has 2 N–H and O–H groups in total. The van der Waals surface area contributed by atoms with Crippen LogP contribution in [0.5, 0.6) is 5.75 Å². The maximum absolute atomic E-state index is 10.1. The van der Waals surface area contributed by atoms with Crippen LogP contribution in [0.15, 0.2) is 24.3 Å². The van der Waals surface area contributed by atoms with Gasteiger partial charge in [0.15, 0.2) is 0 Å². The van der Waals surface area contributed by atoms with Crippen molar-refractivity contribution in [1.29, 1.82) is 0 Å². The third-order valence-electron chi connectivity index (χ3n) is 4.58. The van der Waals surface area contributed by atoms with Gasteiger partial charge < -0.3 is 14.9 Å². The molecule has 4 nitrogen and oxygen atoms in total. The summed E-state index contributed by atoms with van der Waals surface area (Å²) in [7, 11) is 0. The van der Waals surface area contributed by atoms with Crippen molar-refractivity contribution in [2.75, 3.05) is 26.3 Å². The molecule has 0 aromatic heterocycles. The number of hydrogen-bond acceptors (Lipinski definition) is 4. The molecule has 1 aromatic carbocycles. The summed E-state index contributed by atoms with van der Waals surface area (Å²) in [4.78, 5) is 2.43. The Morgan fingerprint density at radius 1 is 1.15 bits per heavy atom. The van der Waals surface area contributed by atoms with Crippen LogP contribution < -0.4 is 4.74 Å². The van der Waals surface area contributed by atoms with Gasteiger partial charge in [-0.25, -0.2) is 0 Å². The molecule has 1 aromatic rings. The van der Waals surface area contributed by atoms with Crippen LogP contribution in [-0.4, -0.2) is 47.5 Å². The van der Waals surface area contributed by atoms with E-state index in [2.05, 4.69) is 11.0 Å². The Bertz CT molecular complexity index is 437. The Morgan fingerprint density at radius 2 is 1.85 bits per heavy atom. The van der Waals surface area contributed by atoms with Crippen molar-refractivity contribution >= 4 is 0 Å². The molecule has 1 aliphatic carbocycles. The minimum atomic E-state index is -0.0906. The highest BCUT2D eigenvalue weighted by Gasteiger charge is 2.40. The summed E-state index contributed by atoms with van der Waals surface area (Å²) in [5.41, 5.74) is 1.16. The first-order valence-electron chi connectivity index (χ1n) is 7.50. The van der Waals surface area contributed by atoms with Crippen molar-refractivity contribution < 1.29 is 14.9 Å². The van der Waals surface area contributed by atoms with Crippen LogP contribution in [0.2, 0.25) is 0 Å². The fraction of sp³-hybridized carbons (Fsp3) is 0.625. The normalized spacial score (nSPS) is 29.6. The zero-order valence-corrected chi connectivity index (χ0v) is 11.7. The van der Waals surface area contributed by atoms with Gasteiger partial charge in [-0.2, -0.15) is 0 Å². The zero-order chi connectivity index (χ0) is 13.9. The van der Waals surface area contributed by atoms with E-state index in [1.54, 1.807) is 0 Å². The van der Waals surface area contributed by atoms with Crippen LogP contribution in [0, 0.1) is 11.8 Å². The molecule has 2 fully saturated rings. The number of fused-ring (bicyclic) bond motifs is 2. The van der Waals surface area contributed by atoms with Crippen LogP contribution in [0.25, 0.3) is 0 Å². The average Bonchev–Trinajstić information content (AvgIpc) is 2.68. The minimum Gasteiger partial charge on any atom is -0.491 e. The van der Waals surface area contributed by atoms with Crippen molar-refractivity contribution in [3.63, 3.8) is 0 Å². The lowest BCUT2D eigenvalue weighted by molar-refractivity contribution is 0.0136. The molecule has 2 bridgehead atoms. The van der Waals surface area contributed by atoms with Crippen LogP contribution >= 0.6 is 0 Å². The highest BCUT2D eigenvalue weighted by molar-refractivity contribution is 5.33. The summed E-state index contributed by atoms with van der Waals surface area (Å²) >= 11 is 0. The Balaban J connectivity index is 1.66. The Kier molecular flexibility index (Phi) is 4.24. The highest BCUT2D eigenvalue weighted by atomic mass is 16.5. The van der Waals surface area contributed by atoms with E-state index in [1.165, 1.54) is 0 Å². The molecule has 4 heteroatoms. The summed E-state index contributed by atoms with van der Waals surface area (Å²) in [6.45, 7) is 3.19. The van der Waals surface area contributed by atoms with E-state index in [0.29, 0.717) is 18.4 Å². The lowest BCUT2D eigenvalue weighted by Crippen LogP contribution is -2.44. The molecule has 3 atom stereocenters. The van der Waals surface area contributed by atoms with Gasteiger partial charge in [0.2, 0.25) is 0 Å². The number of ether oxygens (including phenoxy) is 1. The van der Waals surface area contributed by atoms with Gasteiger partial charge in [0.05, 0.1) is 12.7 Å². The largest absolute Gasteiger partial charge is 0.491 e. The van der Waals surface area contributed by atoms with Crippen molar-refractivity contribution in [2.24, 2.45) is 11.8 Å². The van der Waals surface area contributed by atoms with E-state index >= 15 is 0 Å². The number of piperidine rings is 1. The molecule has 110 valence electrons. The standard InChI is InChI=1S/C16H23NO3/c18-7-8-20-15-4-2-1-3-12(15)9-17-10-13-5-6-14(11-17)16(13)19/h1-4,13-14,16,18-19H,5-11H2/t13-,14+,16?. The summed E-state index contributed by atoms with van der Waals surface area (Å²) in [6, 6.07) is 8.02. The van der Waals surface area contributed by atoms with Gasteiger partial charge >= 0.3 is 0 Å². The molecule has 0 spiro atoms. The molecule has 1 saturated heterocycles. The predicted octanol–water partition coefficient (Wildman–Crippen LogP) is 1.26. The maximum Gasteiger partial charge on any atom is 0.123 e. The van der Waals surface area contributed by atoms with Crippen LogP contribution in [0.3, 0.4) is 0 Å². The van der Waals surface area contributed by atoms with Gasteiger partial charge in [-0.15, -0.1) is 0 Å². The molecule has 2 aliphatic rings. The SMILES string of the molecule is OCCOc1ccccc1CN1C[C@H]2CC[C@@H](C1)C2O. The number of aliphatic hydroxyl groups is 2. The van der Waals surface area contributed by atoms with E-state index < -0.39 is 0 Å². The maximum atomic E-state index is 10.1. The Morgan fingerprint density at radius 3 is 2.55 bits per heavy atom. The molecular formula is C16H23NO3. The molecule has 0 radical (unpaired) electrons. The van der Waals surface area contributed by atoms with Crippen LogP contribution in [0.1, 0.15) is 18.4 Å². The zero-order valence-electron chi connectivity index (χ0n) is 11.7. The van der Waals surface area contributed by atoms with E-state index in [0.717, 1.165) is 43.8 Å². The molecule has 1 heterocycles. The summed E-state index contributed by atoms with van der Waals surface area (Å²) in [5.74, 6) is 1.75. The lowest BCUT2D eigenvalue weighted by Gasteiger charge is -2.35. The number of rotatable bonds is 5. The number of benzene rings is 1. The summed E-state index contributed by atoms with van der Waals surface area (Å²) in [6.07, 6.45) is 2.22. The fourth-order valence-electron chi connectivity index (χ4n) is 3.59. The molecule has 1 saturated carbocycles. The number of hydrogen-bond donors (Lipinski definition) is 2. The highest BCUT2D eigenvalue weighted by Crippen LogP contribution is 2.37. The van der Waals surface area contributed by atoms with Gasteiger partial charge in [0.25, 0.3) is 0 Å². The molecule has 3 rings (SSSR count). The van der Waals surface area contributed by atoms with Gasteiger partial charge in [-0.1, -0.05) is 18.2 Å². The van der Waals surface area contributed by atoms with E-state index in [9.17, 15) is 5.11 Å². The van der Waals surface area contributed by atoms with Gasteiger partial charge in [-0.05, 0) is 30.7 Å². The number of para-hydroxylation sites is 1. The van der Waals surface area contributed by atoms with E-state index in [-0.39, 0.29) is 12.7 Å². The van der Waals surface area contributed by atoms with Crippen molar-refractivity contribution in [2.45, 2.75) is 25.5 Å². The molecule has 1 aliphatic heterocycles. The number of likely N-dealkylation sites (tertiary alicyclic amines) is 1. The summed E-state index contributed by atoms with van der Waals surface area (Å²) < 4.78 is 5.59. The Labute approximate surface area is 120 Å². The first-order chi connectivity index (χ1) is 9.78. The third-order valence-corrected chi connectivity index (χ3v) is 4.58. The third kappa shape index (κ3) is 2.82. The van der Waals surface area contributed by atoms with Gasteiger partial charge in [0, 0.05) is 25.2 Å². The second kappa shape index (κ2) is 6.12. The predicted molar refractivity (Wildman–Crippen MR) is 76.5 cm³/mol. The van der Waals surface area contributed by atoms with E-state index in [1.807, 2.05) is 18.2 Å². The Hall–Kier alpha value is -1.10. The van der Waals surface area contributed by atoms with E-state index in [4.69, 9.17) is 9.84 Å². The molecule has 0 amide bonds. The summed E-state index contributed by atoms with van der Waals surface area (Å²) in [5, 5.41) is 19.0. The lowest BCUT2D eigenvalue weighted by atomic mass is 9.95. The molecular weight excluding hydrogens is 254 g/mol. The van der Waals surface area contributed by atoms with Gasteiger partial charge in [-0.3, -0.25) is 4.90 Å². The fourth-order valence-corrected chi connectivity index (χ4v) is 3.59. The first kappa shape index (κ1) is 13.9. The minimum absolute atomic E-state index is 0.0361. The van der Waals surface area contributed by atoms with Gasteiger partial charge in [0.1, 0.15) is 12.4 Å². The average molecular weight is 277 g/mol. The second-order valence-electron chi connectivity index (χ2n) is 5.96. The quantitative estimate of drug-likeness (QED) is 0.851. The monoisotopic (exact) mass is 277 g/mol. The van der Waals surface area contributed by atoms with Crippen LogP contribution in [0.4, 0.5) is 0 Å². The number of aliphatic hydroxyl groups excluding tert-OH is 2. The topological polar surface area (TPSA) is 52.9 Å². The van der Waals surface area contributed by atoms with Crippen LogP contribution in [-0.2, 0) is 6.54 Å². The molecule has 1 unspecified atom stereocenters. The van der Waals surface area contributed by atoms with Crippen molar-refractivity contribution in [3.05, 3.63) is 29.8 Å². The number of nitrogens with zero attached hydrogens (tertiary/aromatic N) is 1. The van der Waals surface area contributed by atoms with Crippen molar-refractivity contribution in [3.8, 4) is 5.75 Å². The smallest absolute Gasteiger partial charge is 0.123 e. The second-order valence-corrected chi connectivity index (χ2v) is 5.96.